The standard InChI is InChI=1S/C17H19N3O2/c1-20(15-8-4-5-11-19-17(15)22)16(21)10-9-13-6-2-3-7-14(13)12-18/h2-3,6-7,9-10,15H,4-5,8,11H2,1H3,(H,19,22)/b10-9+. The van der Waals surface area contributed by atoms with Crippen LogP contribution in [0.5, 0.6) is 0 Å². The molecule has 1 heterocycles. The number of nitrogens with one attached hydrogen (secondary N) is 1. The van der Waals surface area contributed by atoms with Crippen LogP contribution in [-0.4, -0.2) is 36.3 Å². The number of carbonyl (C=O) groups excluding carboxylic acids is 2. The van der Waals surface area contributed by atoms with E-state index in [0.29, 0.717) is 24.1 Å². The van der Waals surface area contributed by atoms with Crippen LogP contribution in [0.2, 0.25) is 0 Å². The molecule has 1 aliphatic rings. The third-order valence-electron chi connectivity index (χ3n) is 3.81. The number of amides is 2. The van der Waals surface area contributed by atoms with Gasteiger partial charge in [0.1, 0.15) is 6.04 Å². The molecule has 1 aliphatic heterocycles. The lowest BCUT2D eigenvalue weighted by Gasteiger charge is -2.24. The second kappa shape index (κ2) is 7.41. The van der Waals surface area contributed by atoms with Gasteiger partial charge in [0.2, 0.25) is 11.8 Å². The SMILES string of the molecule is CN(C(=O)/C=C/c1ccccc1C#N)C1CCCCNC1=O. The first-order valence-electron chi connectivity index (χ1n) is 7.35. The molecule has 1 aromatic rings. The number of rotatable bonds is 3. The van der Waals surface area contributed by atoms with E-state index >= 15 is 0 Å². The van der Waals surface area contributed by atoms with Crippen molar-refractivity contribution in [3.8, 4) is 6.07 Å². The van der Waals surface area contributed by atoms with E-state index in [0.717, 1.165) is 12.8 Å². The van der Waals surface area contributed by atoms with Gasteiger partial charge in [0.05, 0.1) is 11.6 Å². The van der Waals surface area contributed by atoms with E-state index in [2.05, 4.69) is 11.4 Å². The Labute approximate surface area is 130 Å². The molecule has 1 N–H and O–H groups in total. The van der Waals surface area contributed by atoms with Crippen molar-refractivity contribution in [1.82, 2.24) is 10.2 Å². The van der Waals surface area contributed by atoms with Crippen molar-refractivity contribution in [2.24, 2.45) is 0 Å². The second-order valence-corrected chi connectivity index (χ2v) is 5.28. The molecule has 114 valence electrons. The summed E-state index contributed by atoms with van der Waals surface area (Å²) in [5.41, 5.74) is 1.21. The maximum Gasteiger partial charge on any atom is 0.246 e. The molecule has 0 aromatic heterocycles. The van der Waals surface area contributed by atoms with E-state index in [4.69, 9.17) is 5.26 Å². The molecule has 1 atom stereocenters. The van der Waals surface area contributed by atoms with Gasteiger partial charge >= 0.3 is 0 Å². The maximum absolute atomic E-state index is 12.2. The molecule has 5 heteroatoms. The summed E-state index contributed by atoms with van der Waals surface area (Å²) in [5.74, 6) is -0.339. The molecule has 0 aliphatic carbocycles. The average molecular weight is 297 g/mol. The van der Waals surface area contributed by atoms with Gasteiger partial charge in [0.15, 0.2) is 0 Å². The molecule has 1 aromatic carbocycles. The first kappa shape index (κ1) is 15.8. The summed E-state index contributed by atoms with van der Waals surface area (Å²) in [7, 11) is 1.64. The minimum Gasteiger partial charge on any atom is -0.354 e. The van der Waals surface area contributed by atoms with Gasteiger partial charge in [-0.3, -0.25) is 9.59 Å². The highest BCUT2D eigenvalue weighted by Crippen LogP contribution is 2.13. The zero-order chi connectivity index (χ0) is 15.9. The van der Waals surface area contributed by atoms with E-state index in [1.165, 1.54) is 11.0 Å². The number of likely N-dealkylation sites (N-methyl/N-ethyl adjacent to an activating group) is 1. The van der Waals surface area contributed by atoms with Crippen LogP contribution < -0.4 is 5.32 Å². The van der Waals surface area contributed by atoms with Crippen LogP contribution in [0, 0.1) is 11.3 Å². The lowest BCUT2D eigenvalue weighted by molar-refractivity contribution is -0.135. The Balaban J connectivity index is 2.09. The molecule has 22 heavy (non-hydrogen) atoms. The van der Waals surface area contributed by atoms with Crippen molar-refractivity contribution in [3.05, 3.63) is 41.5 Å². The molecule has 1 fully saturated rings. The minimum atomic E-state index is -0.425. The Kier molecular flexibility index (Phi) is 5.31. The molecule has 0 spiro atoms. The van der Waals surface area contributed by atoms with Crippen LogP contribution in [-0.2, 0) is 9.59 Å². The van der Waals surface area contributed by atoms with E-state index in [9.17, 15) is 9.59 Å². The second-order valence-electron chi connectivity index (χ2n) is 5.28. The van der Waals surface area contributed by atoms with Gasteiger partial charge in [-0.25, -0.2) is 0 Å². The molecule has 1 saturated heterocycles. The predicted octanol–water partition coefficient (Wildman–Crippen LogP) is 1.70. The smallest absolute Gasteiger partial charge is 0.246 e. The fraction of sp³-hybridized carbons (Fsp3) is 0.353. The van der Waals surface area contributed by atoms with E-state index in [1.54, 1.807) is 31.3 Å². The van der Waals surface area contributed by atoms with Gasteiger partial charge in [-0.05, 0) is 37.0 Å². The zero-order valence-electron chi connectivity index (χ0n) is 12.6. The highest BCUT2D eigenvalue weighted by molar-refractivity contribution is 5.95. The Bertz CT molecular complexity index is 631. The van der Waals surface area contributed by atoms with E-state index in [1.807, 2.05) is 6.07 Å². The van der Waals surface area contributed by atoms with E-state index in [-0.39, 0.29) is 11.8 Å². The van der Waals surface area contributed by atoms with E-state index < -0.39 is 6.04 Å². The molecule has 0 saturated carbocycles. The highest BCUT2D eigenvalue weighted by atomic mass is 16.2. The molecule has 2 rings (SSSR count). The topological polar surface area (TPSA) is 73.2 Å². The number of nitriles is 1. The van der Waals surface area contributed by atoms with Crippen molar-refractivity contribution < 1.29 is 9.59 Å². The quantitative estimate of drug-likeness (QED) is 0.863. The molecule has 1 unspecified atom stereocenters. The van der Waals surface area contributed by atoms with Crippen LogP contribution in [0.15, 0.2) is 30.3 Å². The zero-order valence-corrected chi connectivity index (χ0v) is 12.6. The summed E-state index contributed by atoms with van der Waals surface area (Å²) in [6.45, 7) is 0.669. The fourth-order valence-corrected chi connectivity index (χ4v) is 2.47. The first-order valence-corrected chi connectivity index (χ1v) is 7.35. The first-order chi connectivity index (χ1) is 10.6. The van der Waals surface area contributed by atoms with Crippen molar-refractivity contribution in [3.63, 3.8) is 0 Å². The summed E-state index contributed by atoms with van der Waals surface area (Å²) in [6.07, 6.45) is 5.56. The largest absolute Gasteiger partial charge is 0.354 e. The molecule has 0 bridgehead atoms. The Hall–Kier alpha value is -2.61. The van der Waals surface area contributed by atoms with Gasteiger partial charge in [0, 0.05) is 19.7 Å². The summed E-state index contributed by atoms with van der Waals surface area (Å²) < 4.78 is 0. The van der Waals surface area contributed by atoms with Crippen LogP contribution in [0.4, 0.5) is 0 Å². The monoisotopic (exact) mass is 297 g/mol. The van der Waals surface area contributed by atoms with Gasteiger partial charge in [0.25, 0.3) is 0 Å². The van der Waals surface area contributed by atoms with Crippen molar-refractivity contribution in [2.45, 2.75) is 25.3 Å². The molecular formula is C17H19N3O2. The normalized spacial score (nSPS) is 18.4. The van der Waals surface area contributed by atoms with Crippen molar-refractivity contribution in [1.29, 1.82) is 5.26 Å². The molecular weight excluding hydrogens is 278 g/mol. The maximum atomic E-state index is 12.2. The van der Waals surface area contributed by atoms with Gasteiger partial charge in [-0.15, -0.1) is 0 Å². The Morgan fingerprint density at radius 1 is 1.41 bits per heavy atom. The number of benzene rings is 1. The van der Waals surface area contributed by atoms with Gasteiger partial charge < -0.3 is 10.2 Å². The minimum absolute atomic E-state index is 0.0980. The molecule has 5 nitrogen and oxygen atoms in total. The Morgan fingerprint density at radius 2 is 2.18 bits per heavy atom. The number of carbonyl (C=O) groups is 2. The summed E-state index contributed by atoms with van der Waals surface area (Å²) in [5, 5.41) is 11.9. The fourth-order valence-electron chi connectivity index (χ4n) is 2.47. The van der Waals surface area contributed by atoms with Gasteiger partial charge in [-0.1, -0.05) is 18.2 Å². The molecule has 0 radical (unpaired) electrons. The summed E-state index contributed by atoms with van der Waals surface area (Å²) >= 11 is 0. The van der Waals surface area contributed by atoms with Gasteiger partial charge in [-0.2, -0.15) is 5.26 Å². The third kappa shape index (κ3) is 3.73. The van der Waals surface area contributed by atoms with Crippen molar-refractivity contribution >= 4 is 17.9 Å². The predicted molar refractivity (Wildman–Crippen MR) is 83.6 cm³/mol. The summed E-state index contributed by atoms with van der Waals surface area (Å²) in [6, 6.07) is 8.73. The van der Waals surface area contributed by atoms with Crippen LogP contribution in [0.25, 0.3) is 6.08 Å². The van der Waals surface area contributed by atoms with Crippen LogP contribution in [0.1, 0.15) is 30.4 Å². The average Bonchev–Trinajstić information content (AvgIpc) is 2.76. The highest BCUT2D eigenvalue weighted by Gasteiger charge is 2.26. The number of hydrogen-bond acceptors (Lipinski definition) is 3. The molecule has 2 amide bonds. The third-order valence-corrected chi connectivity index (χ3v) is 3.81. The number of hydrogen-bond donors (Lipinski definition) is 1. The number of nitrogens with zero attached hydrogens (tertiary/aromatic N) is 2. The van der Waals surface area contributed by atoms with Crippen LogP contribution in [0.3, 0.4) is 0 Å². The lowest BCUT2D eigenvalue weighted by Crippen LogP contribution is -2.46. The lowest BCUT2D eigenvalue weighted by atomic mass is 10.1. The van der Waals surface area contributed by atoms with Crippen molar-refractivity contribution in [2.75, 3.05) is 13.6 Å². The Morgan fingerprint density at radius 3 is 2.95 bits per heavy atom. The van der Waals surface area contributed by atoms with Crippen LogP contribution >= 0.6 is 0 Å². The summed E-state index contributed by atoms with van der Waals surface area (Å²) in [4.78, 5) is 25.7.